The van der Waals surface area contributed by atoms with Crippen LogP contribution in [0.4, 0.5) is 4.79 Å². The van der Waals surface area contributed by atoms with E-state index in [2.05, 4.69) is 45.3 Å². The van der Waals surface area contributed by atoms with Crippen LogP contribution in [-0.4, -0.2) is 27.2 Å². The van der Waals surface area contributed by atoms with Gasteiger partial charge >= 0.3 is 6.03 Å². The molecule has 24 heavy (non-hydrogen) atoms. The van der Waals surface area contributed by atoms with E-state index in [1.165, 1.54) is 4.88 Å². The molecule has 0 aliphatic heterocycles. The lowest BCUT2D eigenvalue weighted by atomic mass is 10.1. The number of carbonyl (C=O) groups is 1. The van der Waals surface area contributed by atoms with Gasteiger partial charge in [0.05, 0.1) is 6.04 Å². The zero-order chi connectivity index (χ0) is 16.9. The summed E-state index contributed by atoms with van der Waals surface area (Å²) >= 11 is 1.75. The third-order valence-corrected chi connectivity index (χ3v) is 4.71. The van der Waals surface area contributed by atoms with Crippen molar-refractivity contribution >= 4 is 23.0 Å². The molecule has 0 aliphatic rings. The minimum atomic E-state index is -0.227. The van der Waals surface area contributed by atoms with E-state index in [0.717, 1.165) is 12.1 Å². The van der Waals surface area contributed by atoms with Gasteiger partial charge in [-0.05, 0) is 42.8 Å². The minimum Gasteiger partial charge on any atom is -0.338 e. The number of rotatable bonds is 6. The molecule has 7 heteroatoms. The maximum Gasteiger partial charge on any atom is 0.315 e. The highest BCUT2D eigenvalue weighted by atomic mass is 32.1. The maximum atomic E-state index is 12.1. The fourth-order valence-electron chi connectivity index (χ4n) is 2.58. The van der Waals surface area contributed by atoms with Crippen molar-refractivity contribution in [1.29, 1.82) is 0 Å². The molecule has 6 nitrogen and oxygen atoms in total. The average molecular weight is 343 g/mol. The van der Waals surface area contributed by atoms with Crippen LogP contribution in [0.25, 0.3) is 5.65 Å². The van der Waals surface area contributed by atoms with Gasteiger partial charge in [-0.3, -0.25) is 4.40 Å². The van der Waals surface area contributed by atoms with Gasteiger partial charge in [-0.25, -0.2) is 4.79 Å². The van der Waals surface area contributed by atoms with Crippen molar-refractivity contribution in [2.75, 3.05) is 6.54 Å². The van der Waals surface area contributed by atoms with E-state index in [9.17, 15) is 4.79 Å². The van der Waals surface area contributed by atoms with Gasteiger partial charge in [0, 0.05) is 17.6 Å². The predicted molar refractivity (Wildman–Crippen MR) is 95.1 cm³/mol. The average Bonchev–Trinajstić information content (AvgIpc) is 3.22. The normalized spacial score (nSPS) is 13.6. The van der Waals surface area contributed by atoms with Gasteiger partial charge < -0.3 is 10.6 Å². The summed E-state index contributed by atoms with van der Waals surface area (Å²) in [7, 11) is 0. The van der Waals surface area contributed by atoms with Crippen molar-refractivity contribution in [3.05, 3.63) is 52.6 Å². The molecule has 3 aromatic heterocycles. The van der Waals surface area contributed by atoms with Crippen molar-refractivity contribution < 1.29 is 4.79 Å². The van der Waals surface area contributed by atoms with Gasteiger partial charge in [0.15, 0.2) is 11.5 Å². The monoisotopic (exact) mass is 343 g/mol. The molecule has 0 spiro atoms. The Bertz CT molecular complexity index is 798. The van der Waals surface area contributed by atoms with Crippen molar-refractivity contribution in [2.24, 2.45) is 5.92 Å². The van der Waals surface area contributed by atoms with Gasteiger partial charge in [0.25, 0.3) is 0 Å². The molecule has 0 radical (unpaired) electrons. The Hall–Kier alpha value is -2.41. The van der Waals surface area contributed by atoms with Crippen LogP contribution < -0.4 is 10.6 Å². The molecule has 126 valence electrons. The topological polar surface area (TPSA) is 71.3 Å². The molecule has 2 amide bonds. The van der Waals surface area contributed by atoms with Crippen LogP contribution in [0.5, 0.6) is 0 Å². The highest BCUT2D eigenvalue weighted by Crippen LogP contribution is 2.14. The third-order valence-electron chi connectivity index (χ3n) is 3.82. The van der Waals surface area contributed by atoms with E-state index in [4.69, 9.17) is 0 Å². The number of pyridine rings is 1. The predicted octanol–water partition coefficient (Wildman–Crippen LogP) is 3.03. The molecule has 3 aromatic rings. The van der Waals surface area contributed by atoms with Crippen molar-refractivity contribution in [1.82, 2.24) is 25.2 Å². The largest absolute Gasteiger partial charge is 0.338 e. The van der Waals surface area contributed by atoms with Crippen LogP contribution in [0.15, 0.2) is 41.9 Å². The van der Waals surface area contributed by atoms with Crippen molar-refractivity contribution in [3.8, 4) is 0 Å². The molecule has 2 atom stereocenters. The number of hydrogen-bond donors (Lipinski definition) is 2. The van der Waals surface area contributed by atoms with Crippen LogP contribution in [-0.2, 0) is 6.42 Å². The minimum absolute atomic E-state index is 0.187. The second-order valence-corrected chi connectivity index (χ2v) is 6.98. The van der Waals surface area contributed by atoms with Gasteiger partial charge in [-0.15, -0.1) is 21.5 Å². The standard InChI is InChI=1S/C17H21N5OS/c1-12(10-14-6-5-9-24-14)11-18-17(23)19-13(2)16-21-20-15-7-3-4-8-22(15)16/h3-9,12-13H,10-11H2,1-2H3,(H2,18,19,23)/t12-,13-/m0/s1. The summed E-state index contributed by atoms with van der Waals surface area (Å²) in [5, 5.41) is 16.2. The Balaban J connectivity index is 1.51. The van der Waals surface area contributed by atoms with Gasteiger partial charge in [0.2, 0.25) is 0 Å². The molecule has 0 bridgehead atoms. The molecule has 0 saturated carbocycles. The molecule has 0 fully saturated rings. The first-order valence-electron chi connectivity index (χ1n) is 8.00. The first-order valence-corrected chi connectivity index (χ1v) is 8.88. The highest BCUT2D eigenvalue weighted by molar-refractivity contribution is 7.09. The quantitative estimate of drug-likeness (QED) is 0.723. The van der Waals surface area contributed by atoms with Crippen LogP contribution in [0, 0.1) is 5.92 Å². The lowest BCUT2D eigenvalue weighted by molar-refractivity contribution is 0.235. The fraction of sp³-hybridized carbons (Fsp3) is 0.353. The zero-order valence-corrected chi connectivity index (χ0v) is 14.6. The molecular formula is C17H21N5OS. The van der Waals surface area contributed by atoms with E-state index in [1.54, 1.807) is 11.3 Å². The Kier molecular flexibility index (Phi) is 5.10. The molecule has 3 heterocycles. The van der Waals surface area contributed by atoms with Gasteiger partial charge in [-0.1, -0.05) is 19.1 Å². The molecule has 0 saturated heterocycles. The van der Waals surface area contributed by atoms with Crippen LogP contribution in [0.3, 0.4) is 0 Å². The Morgan fingerprint density at radius 3 is 2.92 bits per heavy atom. The van der Waals surface area contributed by atoms with Gasteiger partial charge in [0.1, 0.15) is 0 Å². The lowest BCUT2D eigenvalue weighted by Crippen LogP contribution is -2.39. The van der Waals surface area contributed by atoms with E-state index in [0.29, 0.717) is 18.3 Å². The summed E-state index contributed by atoms with van der Waals surface area (Å²) in [6.07, 6.45) is 2.87. The smallest absolute Gasteiger partial charge is 0.315 e. The number of hydrogen-bond acceptors (Lipinski definition) is 4. The molecule has 0 unspecified atom stereocenters. The summed E-state index contributed by atoms with van der Waals surface area (Å²) in [6.45, 7) is 4.67. The summed E-state index contributed by atoms with van der Waals surface area (Å²) in [6, 6.07) is 9.47. The lowest BCUT2D eigenvalue weighted by Gasteiger charge is -2.15. The second-order valence-electron chi connectivity index (χ2n) is 5.95. The van der Waals surface area contributed by atoms with Crippen molar-refractivity contribution in [2.45, 2.75) is 26.3 Å². The van der Waals surface area contributed by atoms with Crippen LogP contribution in [0.1, 0.15) is 30.6 Å². The Morgan fingerprint density at radius 1 is 1.25 bits per heavy atom. The van der Waals surface area contributed by atoms with E-state index in [1.807, 2.05) is 35.7 Å². The number of thiophene rings is 1. The van der Waals surface area contributed by atoms with E-state index in [-0.39, 0.29) is 12.1 Å². The first kappa shape index (κ1) is 16.4. The second kappa shape index (κ2) is 7.44. The summed E-state index contributed by atoms with van der Waals surface area (Å²) in [5.41, 5.74) is 0.770. The number of aromatic nitrogens is 3. The molecule has 0 aliphatic carbocycles. The summed E-state index contributed by atoms with van der Waals surface area (Å²) in [4.78, 5) is 13.5. The Labute approximate surface area is 144 Å². The summed E-state index contributed by atoms with van der Waals surface area (Å²) < 4.78 is 1.88. The summed E-state index contributed by atoms with van der Waals surface area (Å²) in [5.74, 6) is 1.10. The van der Waals surface area contributed by atoms with Crippen LogP contribution in [0.2, 0.25) is 0 Å². The number of urea groups is 1. The van der Waals surface area contributed by atoms with Crippen molar-refractivity contribution in [3.63, 3.8) is 0 Å². The van der Waals surface area contributed by atoms with Gasteiger partial charge in [-0.2, -0.15) is 0 Å². The van der Waals surface area contributed by atoms with Crippen LogP contribution >= 0.6 is 11.3 Å². The van der Waals surface area contributed by atoms with E-state index >= 15 is 0 Å². The number of fused-ring (bicyclic) bond motifs is 1. The maximum absolute atomic E-state index is 12.1. The molecule has 0 aromatic carbocycles. The third kappa shape index (κ3) is 3.91. The SMILES string of the molecule is C[C@H](CNC(=O)N[C@@H](C)c1nnc2ccccn12)Cc1cccs1. The molecular weight excluding hydrogens is 322 g/mol. The first-order chi connectivity index (χ1) is 11.6. The highest BCUT2D eigenvalue weighted by Gasteiger charge is 2.16. The fourth-order valence-corrected chi connectivity index (χ4v) is 3.45. The molecule has 2 N–H and O–H groups in total. The number of nitrogens with one attached hydrogen (secondary N) is 2. The zero-order valence-electron chi connectivity index (χ0n) is 13.8. The molecule has 3 rings (SSSR count). The number of carbonyl (C=O) groups excluding carboxylic acids is 1. The van der Waals surface area contributed by atoms with E-state index < -0.39 is 0 Å². The Morgan fingerprint density at radius 2 is 2.12 bits per heavy atom. The number of amides is 2. The number of nitrogens with zero attached hydrogens (tertiary/aromatic N) is 3.